The Labute approximate surface area is 149 Å². The molecule has 2 amide bonds. The monoisotopic (exact) mass is 354 g/mol. The molecular weight excluding hydrogens is 336 g/mol. The minimum atomic E-state index is -0.273. The number of amides is 2. The fourth-order valence-corrected chi connectivity index (χ4v) is 3.06. The van der Waals surface area contributed by atoms with E-state index in [1.165, 1.54) is 11.3 Å². The van der Waals surface area contributed by atoms with E-state index in [0.29, 0.717) is 18.1 Å². The number of para-hydroxylation sites is 1. The summed E-state index contributed by atoms with van der Waals surface area (Å²) < 4.78 is 5.30. The first-order valence-electron chi connectivity index (χ1n) is 7.79. The Morgan fingerprint density at radius 1 is 1.20 bits per heavy atom. The number of thiazole rings is 1. The van der Waals surface area contributed by atoms with Gasteiger partial charge in [0.25, 0.3) is 0 Å². The lowest BCUT2D eigenvalue weighted by molar-refractivity contribution is 0.252. The molecule has 0 aliphatic heterocycles. The second kappa shape index (κ2) is 8.25. The number of nitrogens with zero attached hydrogens (tertiary/aromatic N) is 2. The summed E-state index contributed by atoms with van der Waals surface area (Å²) in [5.74, 6) is 0.826. The third kappa shape index (κ3) is 4.54. The zero-order valence-electron chi connectivity index (χ0n) is 13.7. The summed E-state index contributed by atoms with van der Waals surface area (Å²) in [7, 11) is 1.64. The number of benzene rings is 1. The van der Waals surface area contributed by atoms with E-state index < -0.39 is 0 Å². The van der Waals surface area contributed by atoms with Gasteiger partial charge in [0, 0.05) is 29.9 Å². The van der Waals surface area contributed by atoms with E-state index in [1.807, 2.05) is 41.8 Å². The fraction of sp³-hybridized carbons (Fsp3) is 0.167. The van der Waals surface area contributed by atoms with Crippen LogP contribution >= 0.6 is 11.3 Å². The minimum absolute atomic E-state index is 0.273. The van der Waals surface area contributed by atoms with Gasteiger partial charge < -0.3 is 10.1 Å². The lowest BCUT2D eigenvalue weighted by Crippen LogP contribution is -2.30. The molecule has 0 unspecified atom stereocenters. The van der Waals surface area contributed by atoms with E-state index in [1.54, 1.807) is 19.5 Å². The molecule has 0 saturated heterocycles. The molecule has 0 saturated carbocycles. The van der Waals surface area contributed by atoms with Crippen LogP contribution in [0.15, 0.2) is 54.2 Å². The van der Waals surface area contributed by atoms with Gasteiger partial charge in [-0.2, -0.15) is 0 Å². The van der Waals surface area contributed by atoms with Crippen molar-refractivity contribution in [2.75, 3.05) is 19.0 Å². The molecule has 1 aromatic carbocycles. The molecule has 2 heterocycles. The highest BCUT2D eigenvalue weighted by Gasteiger charge is 2.08. The molecule has 0 spiro atoms. The normalized spacial score (nSPS) is 10.3. The van der Waals surface area contributed by atoms with Crippen molar-refractivity contribution in [2.24, 2.45) is 0 Å². The van der Waals surface area contributed by atoms with Crippen molar-refractivity contribution in [1.82, 2.24) is 15.3 Å². The Morgan fingerprint density at radius 2 is 2.00 bits per heavy atom. The summed E-state index contributed by atoms with van der Waals surface area (Å²) in [5, 5.41) is 8.05. The van der Waals surface area contributed by atoms with Gasteiger partial charge in [0.2, 0.25) is 0 Å². The predicted molar refractivity (Wildman–Crippen MR) is 99.1 cm³/mol. The predicted octanol–water partition coefficient (Wildman–Crippen LogP) is 3.58. The van der Waals surface area contributed by atoms with E-state index >= 15 is 0 Å². The Balaban J connectivity index is 1.51. The van der Waals surface area contributed by atoms with E-state index in [2.05, 4.69) is 20.6 Å². The zero-order chi connectivity index (χ0) is 17.5. The number of methoxy groups -OCH3 is 1. The molecule has 0 bridgehead atoms. The van der Waals surface area contributed by atoms with E-state index in [-0.39, 0.29) is 6.03 Å². The highest BCUT2D eigenvalue weighted by molar-refractivity contribution is 7.14. The molecular formula is C18H18N4O2S. The first kappa shape index (κ1) is 16.9. The van der Waals surface area contributed by atoms with Gasteiger partial charge in [0.15, 0.2) is 5.13 Å². The standard InChI is InChI=1S/C18H18N4O2S/c1-24-16-5-3-2-4-14(16)8-11-20-17(23)22-18-21-15(12-25-18)13-6-9-19-10-7-13/h2-7,9-10,12H,8,11H2,1H3,(H2,20,21,22,23). The summed E-state index contributed by atoms with van der Waals surface area (Å²) in [6, 6.07) is 11.3. The molecule has 0 fully saturated rings. The van der Waals surface area contributed by atoms with Crippen LogP contribution < -0.4 is 15.4 Å². The Hall–Kier alpha value is -2.93. The van der Waals surface area contributed by atoms with Crippen molar-refractivity contribution in [1.29, 1.82) is 0 Å². The van der Waals surface area contributed by atoms with E-state index in [4.69, 9.17) is 4.74 Å². The summed E-state index contributed by atoms with van der Waals surface area (Å²) in [6.07, 6.45) is 4.12. The molecule has 3 aromatic rings. The Morgan fingerprint density at radius 3 is 2.80 bits per heavy atom. The minimum Gasteiger partial charge on any atom is -0.496 e. The van der Waals surface area contributed by atoms with Crippen LogP contribution in [0.1, 0.15) is 5.56 Å². The van der Waals surface area contributed by atoms with E-state index in [9.17, 15) is 4.79 Å². The van der Waals surface area contributed by atoms with Gasteiger partial charge in [0.05, 0.1) is 12.8 Å². The number of carbonyl (C=O) groups excluding carboxylic acids is 1. The summed E-state index contributed by atoms with van der Waals surface area (Å²) in [6.45, 7) is 0.509. The number of aromatic nitrogens is 2. The Kier molecular flexibility index (Phi) is 5.58. The second-order valence-electron chi connectivity index (χ2n) is 5.22. The number of rotatable bonds is 6. The second-order valence-corrected chi connectivity index (χ2v) is 6.07. The lowest BCUT2D eigenvalue weighted by Gasteiger charge is -2.09. The highest BCUT2D eigenvalue weighted by Crippen LogP contribution is 2.24. The van der Waals surface area contributed by atoms with Crippen LogP contribution in [0.4, 0.5) is 9.93 Å². The first-order valence-corrected chi connectivity index (χ1v) is 8.67. The number of carbonyl (C=O) groups is 1. The van der Waals surface area contributed by atoms with Gasteiger partial charge in [0.1, 0.15) is 5.75 Å². The zero-order valence-corrected chi connectivity index (χ0v) is 14.5. The molecule has 7 heteroatoms. The number of hydrogen-bond acceptors (Lipinski definition) is 5. The number of nitrogens with one attached hydrogen (secondary N) is 2. The van der Waals surface area contributed by atoms with Crippen LogP contribution in [0.5, 0.6) is 5.75 Å². The number of ether oxygens (including phenoxy) is 1. The van der Waals surface area contributed by atoms with Gasteiger partial charge >= 0.3 is 6.03 Å². The third-order valence-corrected chi connectivity index (χ3v) is 4.33. The largest absolute Gasteiger partial charge is 0.496 e. The smallest absolute Gasteiger partial charge is 0.321 e. The van der Waals surface area contributed by atoms with Gasteiger partial charge in [-0.05, 0) is 30.2 Å². The quantitative estimate of drug-likeness (QED) is 0.709. The average molecular weight is 354 g/mol. The van der Waals surface area contributed by atoms with Crippen LogP contribution in [-0.4, -0.2) is 29.7 Å². The van der Waals surface area contributed by atoms with Crippen LogP contribution in [0.25, 0.3) is 11.3 Å². The molecule has 25 heavy (non-hydrogen) atoms. The van der Waals surface area contributed by atoms with E-state index in [0.717, 1.165) is 22.6 Å². The molecule has 0 aliphatic carbocycles. The molecule has 3 rings (SSSR count). The number of urea groups is 1. The fourth-order valence-electron chi connectivity index (χ4n) is 2.35. The summed E-state index contributed by atoms with van der Waals surface area (Å²) in [4.78, 5) is 20.4. The molecule has 0 radical (unpaired) electrons. The van der Waals surface area contributed by atoms with Crippen molar-refractivity contribution in [3.8, 4) is 17.0 Å². The number of hydrogen-bond donors (Lipinski definition) is 2. The SMILES string of the molecule is COc1ccccc1CCNC(=O)Nc1nc(-c2ccncc2)cs1. The maximum absolute atomic E-state index is 12.0. The molecule has 6 nitrogen and oxygen atoms in total. The van der Waals surface area contributed by atoms with Crippen molar-refractivity contribution in [3.05, 3.63) is 59.7 Å². The average Bonchev–Trinajstić information content (AvgIpc) is 3.11. The first-order chi connectivity index (χ1) is 12.3. The maximum atomic E-state index is 12.0. The summed E-state index contributed by atoms with van der Waals surface area (Å²) >= 11 is 1.39. The number of anilines is 1. The Bertz CT molecular complexity index is 836. The maximum Gasteiger partial charge on any atom is 0.321 e. The molecule has 2 aromatic heterocycles. The molecule has 2 N–H and O–H groups in total. The summed E-state index contributed by atoms with van der Waals surface area (Å²) in [5.41, 5.74) is 2.84. The molecule has 0 aliphatic rings. The van der Waals surface area contributed by atoms with Crippen LogP contribution in [0.3, 0.4) is 0 Å². The van der Waals surface area contributed by atoms with Gasteiger partial charge in [-0.3, -0.25) is 10.3 Å². The van der Waals surface area contributed by atoms with Crippen molar-refractivity contribution < 1.29 is 9.53 Å². The van der Waals surface area contributed by atoms with Crippen molar-refractivity contribution >= 4 is 22.5 Å². The molecule has 128 valence electrons. The van der Waals surface area contributed by atoms with Gasteiger partial charge in [-0.25, -0.2) is 9.78 Å². The van der Waals surface area contributed by atoms with Crippen LogP contribution in [-0.2, 0) is 6.42 Å². The van der Waals surface area contributed by atoms with Gasteiger partial charge in [-0.1, -0.05) is 18.2 Å². The van der Waals surface area contributed by atoms with Crippen molar-refractivity contribution in [2.45, 2.75) is 6.42 Å². The topological polar surface area (TPSA) is 76.1 Å². The third-order valence-electron chi connectivity index (χ3n) is 3.57. The number of pyridine rings is 1. The van der Waals surface area contributed by atoms with Gasteiger partial charge in [-0.15, -0.1) is 11.3 Å². The van der Waals surface area contributed by atoms with Crippen molar-refractivity contribution in [3.63, 3.8) is 0 Å². The highest BCUT2D eigenvalue weighted by atomic mass is 32.1. The van der Waals surface area contributed by atoms with Crippen LogP contribution in [0, 0.1) is 0 Å². The van der Waals surface area contributed by atoms with Crippen LogP contribution in [0.2, 0.25) is 0 Å². The lowest BCUT2D eigenvalue weighted by atomic mass is 10.1. The molecule has 0 atom stereocenters.